The largest absolute Gasteiger partial charge is 0.464 e. The quantitative estimate of drug-likeness (QED) is 0.565. The number of benzene rings is 1. The van der Waals surface area contributed by atoms with Crippen LogP contribution in [0.3, 0.4) is 0 Å². The van der Waals surface area contributed by atoms with Gasteiger partial charge in [-0.3, -0.25) is 9.36 Å². The standard InChI is InChI=1S/C23H20N2O6S/c1-4-28-22(27)19-13(3)24-23-25(20(19)16-7-5-12(2)31-16)21(26)18(32-23)10-14-6-8-15-17(9-14)30-11-29-15/h5-10,20H,4,11H2,1-3H3/b18-10+/t20-/m1/s1. The van der Waals surface area contributed by atoms with Gasteiger partial charge in [0.25, 0.3) is 5.56 Å². The van der Waals surface area contributed by atoms with Gasteiger partial charge < -0.3 is 18.6 Å². The molecule has 0 spiro atoms. The van der Waals surface area contributed by atoms with Crippen molar-refractivity contribution in [2.45, 2.75) is 26.8 Å². The summed E-state index contributed by atoms with van der Waals surface area (Å²) in [6.07, 6.45) is 1.78. The molecule has 0 N–H and O–H groups in total. The van der Waals surface area contributed by atoms with Gasteiger partial charge in [-0.25, -0.2) is 9.79 Å². The molecule has 1 aromatic carbocycles. The van der Waals surface area contributed by atoms with Gasteiger partial charge in [-0.2, -0.15) is 0 Å². The van der Waals surface area contributed by atoms with Gasteiger partial charge in [0.2, 0.25) is 6.79 Å². The van der Waals surface area contributed by atoms with E-state index in [2.05, 4.69) is 4.99 Å². The zero-order valence-electron chi connectivity index (χ0n) is 17.7. The number of carbonyl (C=O) groups is 1. The highest BCUT2D eigenvalue weighted by Gasteiger charge is 2.35. The van der Waals surface area contributed by atoms with E-state index in [-0.39, 0.29) is 19.0 Å². The Kier molecular flexibility index (Phi) is 4.97. The van der Waals surface area contributed by atoms with Crippen LogP contribution in [0.2, 0.25) is 0 Å². The van der Waals surface area contributed by atoms with E-state index in [1.165, 1.54) is 15.9 Å². The van der Waals surface area contributed by atoms with Gasteiger partial charge in [-0.15, -0.1) is 0 Å². The normalized spacial score (nSPS) is 17.3. The molecule has 9 heteroatoms. The Balaban J connectivity index is 1.69. The molecule has 8 nitrogen and oxygen atoms in total. The molecule has 2 aromatic heterocycles. The van der Waals surface area contributed by atoms with Crippen molar-refractivity contribution in [2.24, 2.45) is 4.99 Å². The number of rotatable bonds is 4. The monoisotopic (exact) mass is 452 g/mol. The average molecular weight is 452 g/mol. The highest BCUT2D eigenvalue weighted by atomic mass is 32.1. The van der Waals surface area contributed by atoms with Gasteiger partial charge in [0.1, 0.15) is 17.6 Å². The molecule has 0 amide bonds. The number of carbonyl (C=O) groups excluding carboxylic acids is 1. The summed E-state index contributed by atoms with van der Waals surface area (Å²) < 4.78 is 23.9. The molecule has 2 aliphatic heterocycles. The maximum atomic E-state index is 13.5. The predicted octanol–water partition coefficient (Wildman–Crippen LogP) is 2.43. The fourth-order valence-electron chi connectivity index (χ4n) is 3.82. The Bertz CT molecular complexity index is 1440. The second-order valence-electron chi connectivity index (χ2n) is 7.36. The third kappa shape index (κ3) is 3.34. The molecule has 0 fully saturated rings. The Morgan fingerprint density at radius 1 is 1.25 bits per heavy atom. The summed E-state index contributed by atoms with van der Waals surface area (Å²) in [7, 11) is 0. The summed E-state index contributed by atoms with van der Waals surface area (Å²) in [5, 5.41) is 0. The van der Waals surface area contributed by atoms with Crippen LogP contribution in [0.4, 0.5) is 0 Å². The molecule has 0 unspecified atom stereocenters. The van der Waals surface area contributed by atoms with E-state index in [1.54, 1.807) is 32.1 Å². The van der Waals surface area contributed by atoms with Gasteiger partial charge in [0.05, 0.1) is 22.4 Å². The van der Waals surface area contributed by atoms with Crippen molar-refractivity contribution in [1.29, 1.82) is 0 Å². The molecule has 0 bridgehead atoms. The summed E-state index contributed by atoms with van der Waals surface area (Å²) in [6, 6.07) is 8.31. The first kappa shape index (κ1) is 20.3. The number of furan rings is 1. The lowest BCUT2D eigenvalue weighted by atomic mass is 10.0. The number of nitrogens with zero attached hydrogens (tertiary/aromatic N) is 2. The van der Waals surface area contributed by atoms with Crippen LogP contribution < -0.4 is 24.4 Å². The molecule has 3 aromatic rings. The number of ether oxygens (including phenoxy) is 3. The maximum absolute atomic E-state index is 13.5. The molecular formula is C23H20N2O6S. The van der Waals surface area contributed by atoms with Crippen LogP contribution in [-0.2, 0) is 9.53 Å². The summed E-state index contributed by atoms with van der Waals surface area (Å²) in [6.45, 7) is 5.69. The molecular weight excluding hydrogens is 432 g/mol. The first-order valence-electron chi connectivity index (χ1n) is 10.1. The first-order chi connectivity index (χ1) is 15.5. The predicted molar refractivity (Wildman–Crippen MR) is 116 cm³/mol. The Hall–Kier alpha value is -3.59. The highest BCUT2D eigenvalue weighted by Crippen LogP contribution is 2.33. The van der Waals surface area contributed by atoms with E-state index in [1.807, 2.05) is 25.1 Å². The molecule has 164 valence electrons. The minimum absolute atomic E-state index is 0.180. The van der Waals surface area contributed by atoms with Crippen LogP contribution in [-0.4, -0.2) is 23.9 Å². The Morgan fingerprint density at radius 2 is 2.06 bits per heavy atom. The van der Waals surface area contributed by atoms with Crippen LogP contribution in [0.25, 0.3) is 6.08 Å². The summed E-state index contributed by atoms with van der Waals surface area (Å²) in [5.74, 6) is 1.95. The van der Waals surface area contributed by atoms with E-state index in [4.69, 9.17) is 18.6 Å². The van der Waals surface area contributed by atoms with Gasteiger partial charge in [-0.1, -0.05) is 17.4 Å². The zero-order chi connectivity index (χ0) is 22.4. The topological polar surface area (TPSA) is 92.3 Å². The zero-order valence-corrected chi connectivity index (χ0v) is 18.5. The number of fused-ring (bicyclic) bond motifs is 2. The van der Waals surface area contributed by atoms with Crippen molar-refractivity contribution < 1.29 is 23.4 Å². The van der Waals surface area contributed by atoms with Gasteiger partial charge in [0, 0.05) is 0 Å². The van der Waals surface area contributed by atoms with Crippen LogP contribution in [0, 0.1) is 6.92 Å². The van der Waals surface area contributed by atoms with Gasteiger partial charge in [0.15, 0.2) is 16.3 Å². The van der Waals surface area contributed by atoms with E-state index in [0.717, 1.165) is 5.56 Å². The molecule has 0 radical (unpaired) electrons. The maximum Gasteiger partial charge on any atom is 0.338 e. The number of aromatic nitrogens is 1. The highest BCUT2D eigenvalue weighted by molar-refractivity contribution is 7.07. The number of hydrogen-bond acceptors (Lipinski definition) is 8. The molecule has 32 heavy (non-hydrogen) atoms. The van der Waals surface area contributed by atoms with Crippen molar-refractivity contribution in [3.8, 4) is 11.5 Å². The Morgan fingerprint density at radius 3 is 2.81 bits per heavy atom. The third-order valence-electron chi connectivity index (χ3n) is 5.24. The van der Waals surface area contributed by atoms with Crippen LogP contribution >= 0.6 is 11.3 Å². The second kappa shape index (κ2) is 7.83. The number of aryl methyl sites for hydroxylation is 1. The van der Waals surface area contributed by atoms with Crippen LogP contribution in [0.15, 0.2) is 55.8 Å². The minimum atomic E-state index is -0.752. The van der Waals surface area contributed by atoms with E-state index >= 15 is 0 Å². The molecule has 0 saturated carbocycles. The Labute approximate surface area is 186 Å². The lowest BCUT2D eigenvalue weighted by Gasteiger charge is -2.22. The minimum Gasteiger partial charge on any atom is -0.464 e. The van der Waals surface area contributed by atoms with Crippen molar-refractivity contribution in [3.05, 3.63) is 78.4 Å². The third-order valence-corrected chi connectivity index (χ3v) is 6.23. The summed E-state index contributed by atoms with van der Waals surface area (Å²) in [5.41, 5.74) is 1.33. The smallest absolute Gasteiger partial charge is 0.338 e. The van der Waals surface area contributed by atoms with Crippen molar-refractivity contribution in [2.75, 3.05) is 13.4 Å². The number of hydrogen-bond donors (Lipinski definition) is 0. The van der Waals surface area contributed by atoms with Crippen LogP contribution in [0.1, 0.15) is 37.0 Å². The average Bonchev–Trinajstić information content (AvgIpc) is 3.47. The summed E-state index contributed by atoms with van der Waals surface area (Å²) in [4.78, 5) is 31.3. The molecule has 1 atom stereocenters. The van der Waals surface area contributed by atoms with Crippen molar-refractivity contribution >= 4 is 23.4 Å². The molecule has 0 saturated heterocycles. The number of allylic oxidation sites excluding steroid dienone is 1. The van der Waals surface area contributed by atoms with Gasteiger partial charge in [-0.05, 0) is 56.7 Å². The van der Waals surface area contributed by atoms with Crippen LogP contribution in [0.5, 0.6) is 11.5 Å². The number of thiazole rings is 1. The first-order valence-corrected chi connectivity index (χ1v) is 10.9. The lowest BCUT2D eigenvalue weighted by Crippen LogP contribution is -2.39. The molecule has 5 rings (SSSR count). The number of esters is 1. The van der Waals surface area contributed by atoms with Gasteiger partial charge >= 0.3 is 5.97 Å². The van der Waals surface area contributed by atoms with E-state index in [0.29, 0.717) is 43.6 Å². The fourth-order valence-corrected chi connectivity index (χ4v) is 4.86. The second-order valence-corrected chi connectivity index (χ2v) is 8.37. The lowest BCUT2D eigenvalue weighted by molar-refractivity contribution is -0.139. The fraction of sp³-hybridized carbons (Fsp3) is 0.261. The van der Waals surface area contributed by atoms with Crippen molar-refractivity contribution in [3.63, 3.8) is 0 Å². The van der Waals surface area contributed by atoms with Crippen molar-refractivity contribution in [1.82, 2.24) is 4.57 Å². The van der Waals surface area contributed by atoms with E-state index in [9.17, 15) is 9.59 Å². The molecule has 4 heterocycles. The van der Waals surface area contributed by atoms with E-state index < -0.39 is 12.0 Å². The summed E-state index contributed by atoms with van der Waals surface area (Å²) >= 11 is 1.25. The molecule has 0 aliphatic carbocycles. The SMILES string of the molecule is CCOC(=O)C1=C(C)N=c2s/c(=C/c3ccc4c(c3)OCO4)c(=O)n2[C@@H]1c1ccc(C)o1. The molecule has 2 aliphatic rings.